The van der Waals surface area contributed by atoms with Crippen molar-refractivity contribution in [3.63, 3.8) is 0 Å². The van der Waals surface area contributed by atoms with Gasteiger partial charge in [0.25, 0.3) is 5.56 Å². The van der Waals surface area contributed by atoms with E-state index in [0.29, 0.717) is 12.1 Å². The largest absolute Gasteiger partial charge is 0.320 e. The maximum atomic E-state index is 11.6. The molecule has 0 radical (unpaired) electrons. The Hall–Kier alpha value is -1.14. The second-order valence-electron chi connectivity index (χ2n) is 3.87. The van der Waals surface area contributed by atoms with Gasteiger partial charge in [-0.2, -0.15) is 0 Å². The van der Waals surface area contributed by atoms with Gasteiger partial charge in [-0.25, -0.2) is 0 Å². The standard InChI is InChI=1S/C11H14N2O2S2/c1-2-3-4-5-8(14)13-9-10-7(6-16-17-10)12-11(9)15/h6H,2-5H2,1H3,(H,12,15)(H,13,14). The fraction of sp³-hybridized carbons (Fsp3) is 0.455. The fourth-order valence-electron chi connectivity index (χ4n) is 1.62. The first kappa shape index (κ1) is 12.3. The molecule has 0 aromatic heterocycles. The van der Waals surface area contributed by atoms with Crippen molar-refractivity contribution in [2.75, 3.05) is 5.32 Å². The fourth-order valence-corrected chi connectivity index (χ4v) is 3.78. The molecule has 6 heteroatoms. The molecular weight excluding hydrogens is 256 g/mol. The highest BCUT2D eigenvalue weighted by atomic mass is 32.9. The number of aromatic amines is 1. The Morgan fingerprint density at radius 1 is 1.47 bits per heavy atom. The quantitative estimate of drug-likeness (QED) is 0.647. The summed E-state index contributed by atoms with van der Waals surface area (Å²) in [4.78, 5) is 26.8. The summed E-state index contributed by atoms with van der Waals surface area (Å²) in [5.74, 6) is -0.0742. The van der Waals surface area contributed by atoms with Gasteiger partial charge in [-0.15, -0.1) is 0 Å². The van der Waals surface area contributed by atoms with Crippen LogP contribution in [0.5, 0.6) is 0 Å². The van der Waals surface area contributed by atoms with Crippen LogP contribution in [0.25, 0.3) is 10.6 Å². The molecule has 4 nitrogen and oxygen atoms in total. The number of fused-ring (bicyclic) bond motifs is 1. The highest BCUT2D eigenvalue weighted by Gasteiger charge is 2.18. The van der Waals surface area contributed by atoms with Crippen LogP contribution in [-0.4, -0.2) is 10.9 Å². The summed E-state index contributed by atoms with van der Waals surface area (Å²) in [5, 5.41) is 4.60. The minimum Gasteiger partial charge on any atom is -0.320 e. The van der Waals surface area contributed by atoms with Crippen molar-refractivity contribution < 1.29 is 4.79 Å². The first-order chi connectivity index (χ1) is 8.22. The van der Waals surface area contributed by atoms with Gasteiger partial charge in [0.1, 0.15) is 5.69 Å². The third kappa shape index (κ3) is 2.76. The van der Waals surface area contributed by atoms with E-state index in [9.17, 15) is 9.59 Å². The molecule has 2 aliphatic heterocycles. The van der Waals surface area contributed by atoms with Crippen LogP contribution < -0.4 is 10.9 Å². The van der Waals surface area contributed by atoms with E-state index in [1.165, 1.54) is 10.3 Å². The Bertz CT molecular complexity index is 526. The molecule has 92 valence electrons. The molecule has 0 saturated carbocycles. The summed E-state index contributed by atoms with van der Waals surface area (Å²) >= 11 is 0. The lowest BCUT2D eigenvalue weighted by molar-refractivity contribution is -0.116. The molecule has 0 saturated heterocycles. The second kappa shape index (κ2) is 5.46. The first-order valence-corrected chi connectivity index (χ1v) is 7.83. The van der Waals surface area contributed by atoms with Gasteiger partial charge in [0.15, 0.2) is 0 Å². The molecular formula is C11H14N2O2S2. The van der Waals surface area contributed by atoms with Crippen molar-refractivity contribution >= 4 is 32.3 Å². The van der Waals surface area contributed by atoms with Crippen LogP contribution in [0, 0.1) is 0 Å². The number of nitrogens with one attached hydrogen (secondary N) is 2. The van der Waals surface area contributed by atoms with Crippen LogP contribution in [0.3, 0.4) is 0 Å². The maximum absolute atomic E-state index is 11.6. The summed E-state index contributed by atoms with van der Waals surface area (Å²) in [6, 6.07) is 0. The number of aromatic nitrogens is 1. The summed E-state index contributed by atoms with van der Waals surface area (Å²) in [6.07, 6.45) is 3.48. The van der Waals surface area contributed by atoms with Crippen LogP contribution in [0.15, 0.2) is 10.2 Å². The molecule has 0 aromatic rings. The Morgan fingerprint density at radius 2 is 2.29 bits per heavy atom. The van der Waals surface area contributed by atoms with E-state index in [0.717, 1.165) is 29.8 Å². The van der Waals surface area contributed by atoms with Crippen LogP contribution in [0.4, 0.5) is 5.69 Å². The Balaban J connectivity index is 2.03. The minimum atomic E-state index is -0.206. The number of carbonyl (C=O) groups is 1. The number of amides is 1. The van der Waals surface area contributed by atoms with Crippen molar-refractivity contribution in [3.8, 4) is 10.6 Å². The molecule has 0 unspecified atom stereocenters. The number of hydrogen-bond donors (Lipinski definition) is 2. The van der Waals surface area contributed by atoms with E-state index in [1.54, 1.807) is 10.3 Å². The van der Waals surface area contributed by atoms with Gasteiger partial charge in [-0.3, -0.25) is 9.59 Å². The molecule has 0 bridgehead atoms. The number of unbranched alkanes of at least 4 members (excludes halogenated alkanes) is 2. The predicted octanol–water partition coefficient (Wildman–Crippen LogP) is 3.12. The van der Waals surface area contributed by atoms with Crippen LogP contribution in [-0.2, 0) is 4.79 Å². The number of H-pyrrole nitrogens is 1. The zero-order chi connectivity index (χ0) is 12.3. The molecule has 0 spiro atoms. The smallest absolute Gasteiger partial charge is 0.273 e. The van der Waals surface area contributed by atoms with E-state index in [1.807, 2.05) is 5.38 Å². The highest BCUT2D eigenvalue weighted by molar-refractivity contribution is 7.70. The van der Waals surface area contributed by atoms with Gasteiger partial charge in [0.2, 0.25) is 5.91 Å². The van der Waals surface area contributed by atoms with E-state index in [4.69, 9.17) is 0 Å². The summed E-state index contributed by atoms with van der Waals surface area (Å²) in [5.41, 5.74) is 1.02. The van der Waals surface area contributed by atoms with Crippen molar-refractivity contribution in [2.24, 2.45) is 0 Å². The van der Waals surface area contributed by atoms with E-state index < -0.39 is 0 Å². The zero-order valence-electron chi connectivity index (χ0n) is 9.54. The van der Waals surface area contributed by atoms with E-state index in [-0.39, 0.29) is 11.5 Å². The van der Waals surface area contributed by atoms with Crippen molar-refractivity contribution in [3.05, 3.63) is 15.7 Å². The lowest BCUT2D eigenvalue weighted by atomic mass is 10.2. The van der Waals surface area contributed by atoms with Crippen molar-refractivity contribution in [1.82, 2.24) is 4.98 Å². The van der Waals surface area contributed by atoms with Crippen LogP contribution in [0.2, 0.25) is 0 Å². The number of hydrogen-bond acceptors (Lipinski definition) is 4. The van der Waals surface area contributed by atoms with Gasteiger partial charge in [-0.1, -0.05) is 40.4 Å². The third-order valence-corrected chi connectivity index (χ3v) is 4.61. The number of carbonyl (C=O) groups excluding carboxylic acids is 1. The molecule has 0 atom stereocenters. The van der Waals surface area contributed by atoms with Gasteiger partial charge >= 0.3 is 0 Å². The van der Waals surface area contributed by atoms with Crippen molar-refractivity contribution in [2.45, 2.75) is 32.6 Å². The monoisotopic (exact) mass is 270 g/mol. The van der Waals surface area contributed by atoms with Gasteiger partial charge < -0.3 is 10.3 Å². The molecule has 1 amide bonds. The molecule has 2 aliphatic rings. The van der Waals surface area contributed by atoms with Crippen LogP contribution >= 0.6 is 20.7 Å². The van der Waals surface area contributed by atoms with Gasteiger partial charge in [-0.05, 0) is 6.42 Å². The van der Waals surface area contributed by atoms with E-state index >= 15 is 0 Å². The SMILES string of the molecule is CCCCCC(=O)Nc1c2sscc-2[nH]c1=O. The molecule has 0 fully saturated rings. The number of anilines is 1. The molecule has 2 heterocycles. The second-order valence-corrected chi connectivity index (χ2v) is 5.96. The van der Waals surface area contributed by atoms with Gasteiger partial charge in [0.05, 0.1) is 10.6 Å². The Labute approximate surface area is 106 Å². The molecule has 0 aromatic carbocycles. The summed E-state index contributed by atoms with van der Waals surface area (Å²) < 4.78 is 0. The molecule has 0 aliphatic carbocycles. The summed E-state index contributed by atoms with van der Waals surface area (Å²) in [7, 11) is 3.05. The van der Waals surface area contributed by atoms with Crippen LogP contribution in [0.1, 0.15) is 32.6 Å². The minimum absolute atomic E-state index is 0.0742. The van der Waals surface area contributed by atoms with E-state index in [2.05, 4.69) is 17.2 Å². The first-order valence-electron chi connectivity index (χ1n) is 5.61. The maximum Gasteiger partial charge on any atom is 0.273 e. The lowest BCUT2D eigenvalue weighted by Gasteiger charge is -2.02. The zero-order valence-corrected chi connectivity index (χ0v) is 11.2. The highest BCUT2D eigenvalue weighted by Crippen LogP contribution is 2.35. The third-order valence-electron chi connectivity index (χ3n) is 2.52. The normalized spacial score (nSPS) is 10.9. The number of rotatable bonds is 5. The van der Waals surface area contributed by atoms with Crippen molar-refractivity contribution in [1.29, 1.82) is 0 Å². The Kier molecular flexibility index (Phi) is 3.96. The Morgan fingerprint density at radius 3 is 3.06 bits per heavy atom. The molecule has 2 N–H and O–H groups in total. The predicted molar refractivity (Wildman–Crippen MR) is 72.2 cm³/mol. The topological polar surface area (TPSA) is 62.0 Å². The average Bonchev–Trinajstić information content (AvgIpc) is 2.83. The molecule has 17 heavy (non-hydrogen) atoms. The summed E-state index contributed by atoms with van der Waals surface area (Å²) in [6.45, 7) is 2.09. The average molecular weight is 270 g/mol. The van der Waals surface area contributed by atoms with Gasteiger partial charge in [0, 0.05) is 11.8 Å². The molecule has 2 rings (SSSR count). The lowest BCUT2D eigenvalue weighted by Crippen LogP contribution is -2.16.